The van der Waals surface area contributed by atoms with Gasteiger partial charge in [-0.05, 0) is 122 Å². The van der Waals surface area contributed by atoms with Crippen LogP contribution in [0.15, 0.2) is 0 Å². The van der Waals surface area contributed by atoms with E-state index in [0.29, 0.717) is 0 Å². The number of hydrogen-bond acceptors (Lipinski definition) is 6. The zero-order chi connectivity index (χ0) is 27.3. The zero-order valence-electron chi connectivity index (χ0n) is 26.0. The normalized spacial score (nSPS) is 13.0. The molecular weight excluding hydrogens is 466 g/mol. The molecule has 0 unspecified atom stereocenters. The highest BCUT2D eigenvalue weighted by molar-refractivity contribution is 6.60. The van der Waals surface area contributed by atoms with Gasteiger partial charge in [0.1, 0.15) is 0 Å². The van der Waals surface area contributed by atoms with Gasteiger partial charge in [0.05, 0.1) is 0 Å². The quantitative estimate of drug-likeness (QED) is 0.120. The van der Waals surface area contributed by atoms with Crippen LogP contribution >= 0.6 is 0 Å². The molecule has 0 aliphatic rings. The van der Waals surface area contributed by atoms with Crippen LogP contribution in [0.5, 0.6) is 0 Å². The summed E-state index contributed by atoms with van der Waals surface area (Å²) in [6, 6.07) is 0.897. The van der Waals surface area contributed by atoms with Crippen molar-refractivity contribution in [2.45, 2.75) is 105 Å². The molecule has 0 fully saturated rings. The van der Waals surface area contributed by atoms with Crippen molar-refractivity contribution in [2.75, 3.05) is 80.2 Å². The summed E-state index contributed by atoms with van der Waals surface area (Å²) in [5, 5.41) is 0. The Hall–Kier alpha value is -0.0231. The van der Waals surface area contributed by atoms with Gasteiger partial charge in [-0.15, -0.1) is 0 Å². The van der Waals surface area contributed by atoms with Crippen LogP contribution in [0.1, 0.15) is 99.3 Å². The summed E-state index contributed by atoms with van der Waals surface area (Å²) in [6.07, 6.45) is 10.8. The molecule has 0 aromatic rings. The van der Waals surface area contributed by atoms with E-state index in [0.717, 1.165) is 25.7 Å². The lowest BCUT2D eigenvalue weighted by atomic mass is 9.79. The molecule has 6 nitrogen and oxygen atoms in total. The van der Waals surface area contributed by atoms with Crippen molar-refractivity contribution in [3.8, 4) is 0 Å². The molecule has 0 aliphatic carbocycles. The molecule has 0 aromatic carbocycles. The lowest BCUT2D eigenvalue weighted by Crippen LogP contribution is -2.50. The Kier molecular flexibility index (Phi) is 21.8. The van der Waals surface area contributed by atoms with Crippen molar-refractivity contribution in [2.24, 2.45) is 5.41 Å². The molecule has 0 amide bonds. The van der Waals surface area contributed by atoms with Gasteiger partial charge in [0, 0.05) is 27.4 Å². The van der Waals surface area contributed by atoms with Crippen LogP contribution < -0.4 is 0 Å². The second kappa shape index (κ2) is 21.9. The molecular formula is C29H65N3O3Si. The molecule has 0 heterocycles. The van der Waals surface area contributed by atoms with E-state index in [4.69, 9.17) is 13.3 Å². The Morgan fingerprint density at radius 2 is 0.694 bits per heavy atom. The van der Waals surface area contributed by atoms with E-state index in [2.05, 4.69) is 56.2 Å². The van der Waals surface area contributed by atoms with E-state index in [-0.39, 0.29) is 5.41 Å². The number of rotatable bonds is 26. The summed E-state index contributed by atoms with van der Waals surface area (Å²) < 4.78 is 18.2. The van der Waals surface area contributed by atoms with Crippen molar-refractivity contribution in [1.29, 1.82) is 0 Å². The minimum absolute atomic E-state index is 0.132. The van der Waals surface area contributed by atoms with Gasteiger partial charge in [0.15, 0.2) is 0 Å². The van der Waals surface area contributed by atoms with Gasteiger partial charge in [0.25, 0.3) is 0 Å². The van der Waals surface area contributed by atoms with Gasteiger partial charge < -0.3 is 28.0 Å². The summed E-state index contributed by atoms with van der Waals surface area (Å²) >= 11 is 0. The van der Waals surface area contributed by atoms with Crippen LogP contribution in [-0.4, -0.2) is 104 Å². The van der Waals surface area contributed by atoms with Crippen LogP contribution in [0.3, 0.4) is 0 Å². The molecule has 0 saturated heterocycles. The first-order chi connectivity index (χ1) is 17.4. The minimum Gasteiger partial charge on any atom is -0.377 e. The molecule has 0 N–H and O–H groups in total. The van der Waals surface area contributed by atoms with E-state index in [9.17, 15) is 0 Å². The van der Waals surface area contributed by atoms with Crippen molar-refractivity contribution in [3.63, 3.8) is 0 Å². The molecule has 0 aliphatic heterocycles. The highest BCUT2D eigenvalue weighted by Crippen LogP contribution is 2.41. The summed E-state index contributed by atoms with van der Waals surface area (Å²) in [6.45, 7) is 24.3. The average molecular weight is 532 g/mol. The summed E-state index contributed by atoms with van der Waals surface area (Å²) in [5.74, 6) is 0. The first-order valence-electron chi connectivity index (χ1n) is 15.2. The van der Waals surface area contributed by atoms with Gasteiger partial charge in [0.2, 0.25) is 0 Å². The summed E-state index contributed by atoms with van der Waals surface area (Å²) in [4.78, 5) is 8.03. The molecule has 36 heavy (non-hydrogen) atoms. The summed E-state index contributed by atoms with van der Waals surface area (Å²) in [5.41, 5.74) is 0.132. The highest BCUT2D eigenvalue weighted by Gasteiger charge is 2.47. The Morgan fingerprint density at radius 3 is 0.889 bits per heavy atom. The Labute approximate surface area is 227 Å². The molecule has 0 aromatic heterocycles. The zero-order valence-corrected chi connectivity index (χ0v) is 27.0. The Bertz CT molecular complexity index is 418. The molecule has 0 saturated carbocycles. The fourth-order valence-electron chi connectivity index (χ4n) is 5.66. The lowest BCUT2D eigenvalue weighted by Gasteiger charge is -2.42. The Balaban J connectivity index is 6.15. The van der Waals surface area contributed by atoms with Crippen molar-refractivity contribution in [1.82, 2.24) is 14.7 Å². The molecule has 218 valence electrons. The average Bonchev–Trinajstić information content (AvgIpc) is 2.88. The van der Waals surface area contributed by atoms with Crippen molar-refractivity contribution >= 4 is 8.80 Å². The third-order valence-electron chi connectivity index (χ3n) is 7.64. The molecule has 0 atom stereocenters. The van der Waals surface area contributed by atoms with Crippen LogP contribution in [0.4, 0.5) is 0 Å². The maximum absolute atomic E-state index is 6.05. The molecule has 0 rings (SSSR count). The van der Waals surface area contributed by atoms with Crippen molar-refractivity contribution < 1.29 is 13.3 Å². The fraction of sp³-hybridized carbons (Fsp3) is 1.00. The van der Waals surface area contributed by atoms with E-state index in [1.807, 2.05) is 0 Å². The molecule has 0 radical (unpaired) electrons. The molecule has 7 heteroatoms. The maximum atomic E-state index is 6.05. The predicted octanol–water partition coefficient (Wildman–Crippen LogP) is 6.39. The highest BCUT2D eigenvalue weighted by atomic mass is 28.4. The SMILES string of the molecule is CCCN(CCC)CCC(CCN(CCC)CCC)(CCN(CCC)CCC)C[Si](OC)(OC)OC. The van der Waals surface area contributed by atoms with Crippen LogP contribution in [0.2, 0.25) is 6.04 Å². The van der Waals surface area contributed by atoms with Crippen LogP contribution in [0.25, 0.3) is 0 Å². The van der Waals surface area contributed by atoms with Gasteiger partial charge in [-0.1, -0.05) is 41.5 Å². The standard InChI is InChI=1S/C29H65N3O3Si/c1-10-19-30(20-11-2)25-16-29(28-36(33-7,34-8)35-9,17-26-31(21-12-3)22-13-4)18-27-32(23-14-5)24-15-6/h10-28H2,1-9H3. The lowest BCUT2D eigenvalue weighted by molar-refractivity contribution is 0.0793. The van der Waals surface area contributed by atoms with Crippen molar-refractivity contribution in [3.05, 3.63) is 0 Å². The maximum Gasteiger partial charge on any atom is 0.500 e. The van der Waals surface area contributed by atoms with Gasteiger partial charge >= 0.3 is 8.80 Å². The third-order valence-corrected chi connectivity index (χ3v) is 10.7. The predicted molar refractivity (Wildman–Crippen MR) is 159 cm³/mol. The van der Waals surface area contributed by atoms with E-state index >= 15 is 0 Å². The largest absolute Gasteiger partial charge is 0.500 e. The molecule has 0 spiro atoms. The van der Waals surface area contributed by atoms with Gasteiger partial charge in [-0.2, -0.15) is 0 Å². The third kappa shape index (κ3) is 14.2. The first kappa shape index (κ1) is 36.0. The Morgan fingerprint density at radius 1 is 0.444 bits per heavy atom. The second-order valence-corrected chi connectivity index (χ2v) is 13.7. The number of nitrogens with zero attached hydrogens (tertiary/aromatic N) is 3. The monoisotopic (exact) mass is 531 g/mol. The minimum atomic E-state index is -2.74. The fourth-order valence-corrected chi connectivity index (χ4v) is 8.04. The van der Waals surface area contributed by atoms with E-state index in [1.165, 1.54) is 97.1 Å². The van der Waals surface area contributed by atoms with Gasteiger partial charge in [-0.3, -0.25) is 0 Å². The smallest absolute Gasteiger partial charge is 0.377 e. The van der Waals surface area contributed by atoms with Crippen LogP contribution in [-0.2, 0) is 13.3 Å². The molecule has 0 bridgehead atoms. The van der Waals surface area contributed by atoms with Gasteiger partial charge in [-0.25, -0.2) is 0 Å². The topological polar surface area (TPSA) is 37.4 Å². The number of hydrogen-bond donors (Lipinski definition) is 0. The van der Waals surface area contributed by atoms with E-state index < -0.39 is 8.80 Å². The summed E-state index contributed by atoms with van der Waals surface area (Å²) in [7, 11) is 2.61. The van der Waals surface area contributed by atoms with Crippen LogP contribution in [0, 0.1) is 5.41 Å². The first-order valence-corrected chi connectivity index (χ1v) is 17.1. The van der Waals surface area contributed by atoms with E-state index in [1.54, 1.807) is 21.3 Å². The second-order valence-electron chi connectivity index (χ2n) is 10.7.